The van der Waals surface area contributed by atoms with Crippen LogP contribution in [-0.4, -0.2) is 28.7 Å². The molecule has 1 aromatic carbocycles. The van der Waals surface area contributed by atoms with Crippen LogP contribution in [0.15, 0.2) is 24.3 Å². The Morgan fingerprint density at radius 3 is 2.28 bits per heavy atom. The maximum atomic E-state index is 12.8. The molecule has 18 heavy (non-hydrogen) atoms. The zero-order chi connectivity index (χ0) is 13.2. The van der Waals surface area contributed by atoms with Crippen molar-refractivity contribution in [2.75, 3.05) is 13.1 Å². The Labute approximate surface area is 108 Å². The zero-order valence-electron chi connectivity index (χ0n) is 11.2. The molecule has 0 saturated carbocycles. The van der Waals surface area contributed by atoms with Crippen molar-refractivity contribution in [3.8, 4) is 0 Å². The van der Waals surface area contributed by atoms with Crippen LogP contribution in [0.4, 0.5) is 4.39 Å². The van der Waals surface area contributed by atoms with Gasteiger partial charge in [0.2, 0.25) is 0 Å². The summed E-state index contributed by atoms with van der Waals surface area (Å²) >= 11 is 0. The number of piperidine rings is 1. The molecule has 0 atom stereocenters. The Morgan fingerprint density at radius 1 is 1.22 bits per heavy atom. The fourth-order valence-electron chi connectivity index (χ4n) is 2.65. The van der Waals surface area contributed by atoms with Crippen molar-refractivity contribution in [2.45, 2.75) is 38.8 Å². The molecule has 3 heteroatoms. The van der Waals surface area contributed by atoms with E-state index in [4.69, 9.17) is 0 Å². The lowest BCUT2D eigenvalue weighted by Crippen LogP contribution is -2.41. The Balaban J connectivity index is 1.85. The molecule has 1 aromatic rings. The zero-order valence-corrected chi connectivity index (χ0v) is 11.2. The van der Waals surface area contributed by atoms with Crippen LogP contribution in [0.2, 0.25) is 0 Å². The number of halogens is 1. The average molecular weight is 251 g/mol. The fraction of sp³-hybridized carbons (Fsp3) is 0.600. The van der Waals surface area contributed by atoms with Crippen molar-refractivity contribution in [1.29, 1.82) is 0 Å². The summed E-state index contributed by atoms with van der Waals surface area (Å²) in [6, 6.07) is 6.71. The summed E-state index contributed by atoms with van der Waals surface area (Å²) in [6.45, 7) is 6.68. The molecule has 1 heterocycles. The molecule has 1 aliphatic heterocycles. The van der Waals surface area contributed by atoms with Crippen molar-refractivity contribution >= 4 is 0 Å². The molecule has 0 aromatic heterocycles. The van der Waals surface area contributed by atoms with E-state index in [1.807, 2.05) is 26.0 Å². The third-order valence-corrected chi connectivity index (χ3v) is 3.91. The summed E-state index contributed by atoms with van der Waals surface area (Å²) in [5.41, 5.74) is 0.584. The van der Waals surface area contributed by atoms with Gasteiger partial charge in [0.25, 0.3) is 0 Å². The van der Waals surface area contributed by atoms with Gasteiger partial charge in [-0.2, -0.15) is 0 Å². The number of nitrogens with zero attached hydrogens (tertiary/aromatic N) is 1. The van der Waals surface area contributed by atoms with E-state index in [0.29, 0.717) is 5.92 Å². The normalized spacial score (nSPS) is 19.1. The second-order valence-electron chi connectivity index (χ2n) is 5.83. The first-order chi connectivity index (χ1) is 8.45. The quantitative estimate of drug-likeness (QED) is 0.893. The highest BCUT2D eigenvalue weighted by molar-refractivity contribution is 5.15. The third kappa shape index (κ3) is 3.53. The molecule has 1 aliphatic rings. The maximum Gasteiger partial charge on any atom is 0.123 e. The van der Waals surface area contributed by atoms with Gasteiger partial charge in [0.1, 0.15) is 5.82 Å². The van der Waals surface area contributed by atoms with Gasteiger partial charge in [-0.05, 0) is 63.4 Å². The molecule has 0 aliphatic carbocycles. The Kier molecular flexibility index (Phi) is 4.03. The van der Waals surface area contributed by atoms with Crippen molar-refractivity contribution < 1.29 is 9.50 Å². The van der Waals surface area contributed by atoms with Gasteiger partial charge in [-0.25, -0.2) is 4.39 Å². The van der Waals surface area contributed by atoms with E-state index in [-0.39, 0.29) is 5.82 Å². The van der Waals surface area contributed by atoms with Gasteiger partial charge >= 0.3 is 0 Å². The number of aliphatic hydroxyl groups is 1. The smallest absolute Gasteiger partial charge is 0.123 e. The predicted molar refractivity (Wildman–Crippen MR) is 70.7 cm³/mol. The van der Waals surface area contributed by atoms with Crippen LogP contribution < -0.4 is 0 Å². The second-order valence-corrected chi connectivity index (χ2v) is 5.83. The van der Waals surface area contributed by atoms with E-state index in [2.05, 4.69) is 4.90 Å². The molecular weight excluding hydrogens is 229 g/mol. The standard InChI is InChI=1S/C15H22FNO/c1-15(2,18)13-7-9-17(10-8-13)11-12-3-5-14(16)6-4-12/h3-6,13,18H,7-11H2,1-2H3. The molecule has 1 fully saturated rings. The topological polar surface area (TPSA) is 23.5 Å². The molecule has 1 saturated heterocycles. The SMILES string of the molecule is CC(C)(O)C1CCN(Cc2ccc(F)cc2)CC1. The number of benzene rings is 1. The summed E-state index contributed by atoms with van der Waals surface area (Å²) in [6.07, 6.45) is 2.06. The summed E-state index contributed by atoms with van der Waals surface area (Å²) in [7, 11) is 0. The van der Waals surface area contributed by atoms with Crippen LogP contribution >= 0.6 is 0 Å². The minimum absolute atomic E-state index is 0.181. The Hall–Kier alpha value is -0.930. The maximum absolute atomic E-state index is 12.8. The molecule has 100 valence electrons. The van der Waals surface area contributed by atoms with Crippen LogP contribution in [-0.2, 0) is 6.54 Å². The van der Waals surface area contributed by atoms with Gasteiger partial charge in [0.05, 0.1) is 5.60 Å². The molecule has 0 amide bonds. The van der Waals surface area contributed by atoms with Crippen LogP contribution in [0.5, 0.6) is 0 Å². The van der Waals surface area contributed by atoms with Crippen molar-refractivity contribution in [3.63, 3.8) is 0 Å². The minimum atomic E-state index is -0.567. The fourth-order valence-corrected chi connectivity index (χ4v) is 2.65. The van der Waals surface area contributed by atoms with E-state index in [0.717, 1.165) is 38.0 Å². The molecule has 0 bridgehead atoms. The van der Waals surface area contributed by atoms with Gasteiger partial charge in [-0.1, -0.05) is 12.1 Å². The number of hydrogen-bond donors (Lipinski definition) is 1. The molecule has 0 spiro atoms. The van der Waals surface area contributed by atoms with Crippen molar-refractivity contribution in [3.05, 3.63) is 35.6 Å². The first kappa shape index (κ1) is 13.5. The van der Waals surface area contributed by atoms with Crippen LogP contribution in [0.25, 0.3) is 0 Å². The van der Waals surface area contributed by atoms with Gasteiger partial charge in [-0.3, -0.25) is 4.90 Å². The minimum Gasteiger partial charge on any atom is -0.390 e. The Bertz CT molecular complexity index is 374. The molecule has 2 rings (SSSR count). The monoisotopic (exact) mass is 251 g/mol. The van der Waals surface area contributed by atoms with Crippen LogP contribution in [0.1, 0.15) is 32.3 Å². The third-order valence-electron chi connectivity index (χ3n) is 3.91. The molecule has 2 nitrogen and oxygen atoms in total. The molecule has 0 radical (unpaired) electrons. The van der Waals surface area contributed by atoms with Crippen LogP contribution in [0, 0.1) is 11.7 Å². The molecular formula is C15H22FNO. The first-order valence-corrected chi connectivity index (χ1v) is 6.64. The van der Waals surface area contributed by atoms with Gasteiger partial charge in [-0.15, -0.1) is 0 Å². The highest BCUT2D eigenvalue weighted by Gasteiger charge is 2.30. The van der Waals surface area contributed by atoms with Gasteiger partial charge < -0.3 is 5.11 Å². The van der Waals surface area contributed by atoms with E-state index in [1.165, 1.54) is 12.1 Å². The average Bonchev–Trinajstić information content (AvgIpc) is 2.32. The number of hydrogen-bond acceptors (Lipinski definition) is 2. The number of likely N-dealkylation sites (tertiary alicyclic amines) is 1. The Morgan fingerprint density at radius 2 is 1.78 bits per heavy atom. The lowest BCUT2D eigenvalue weighted by Gasteiger charge is -2.37. The van der Waals surface area contributed by atoms with Gasteiger partial charge in [0, 0.05) is 6.54 Å². The summed E-state index contributed by atoms with van der Waals surface area (Å²) < 4.78 is 12.8. The molecule has 1 N–H and O–H groups in total. The summed E-state index contributed by atoms with van der Waals surface area (Å²) in [5.74, 6) is 0.210. The van der Waals surface area contributed by atoms with Crippen molar-refractivity contribution in [1.82, 2.24) is 4.90 Å². The summed E-state index contributed by atoms with van der Waals surface area (Å²) in [5, 5.41) is 9.99. The highest BCUT2D eigenvalue weighted by Crippen LogP contribution is 2.28. The number of rotatable bonds is 3. The lowest BCUT2D eigenvalue weighted by atomic mass is 9.83. The van der Waals surface area contributed by atoms with E-state index < -0.39 is 5.60 Å². The second kappa shape index (κ2) is 5.37. The highest BCUT2D eigenvalue weighted by atomic mass is 19.1. The van der Waals surface area contributed by atoms with Crippen molar-refractivity contribution in [2.24, 2.45) is 5.92 Å². The van der Waals surface area contributed by atoms with E-state index >= 15 is 0 Å². The summed E-state index contributed by atoms with van der Waals surface area (Å²) in [4.78, 5) is 2.37. The van der Waals surface area contributed by atoms with Crippen LogP contribution in [0.3, 0.4) is 0 Å². The van der Waals surface area contributed by atoms with Gasteiger partial charge in [0.15, 0.2) is 0 Å². The molecule has 0 unspecified atom stereocenters. The largest absolute Gasteiger partial charge is 0.390 e. The van der Waals surface area contributed by atoms with E-state index in [1.54, 1.807) is 0 Å². The van der Waals surface area contributed by atoms with E-state index in [9.17, 15) is 9.50 Å². The predicted octanol–water partition coefficient (Wildman–Crippen LogP) is 2.81. The first-order valence-electron chi connectivity index (χ1n) is 6.64. The lowest BCUT2D eigenvalue weighted by molar-refractivity contribution is -0.0136.